The molecule has 9 heteroatoms. The minimum Gasteiger partial charge on any atom is -0.511 e. The van der Waals surface area contributed by atoms with E-state index in [2.05, 4.69) is 41.5 Å². The second-order valence-electron chi connectivity index (χ2n) is 14.9. The van der Waals surface area contributed by atoms with E-state index in [0.717, 1.165) is 10.8 Å². The van der Waals surface area contributed by atoms with Crippen molar-refractivity contribution in [1.82, 2.24) is 0 Å². The fraction of sp³-hybridized carbons (Fsp3) is 0.562. The second-order valence-corrected chi connectivity index (χ2v) is 19.6. The molecule has 0 saturated carbocycles. The van der Waals surface area contributed by atoms with Gasteiger partial charge in [0.1, 0.15) is 28.5 Å². The molecule has 0 unspecified atom stereocenters. The van der Waals surface area contributed by atoms with Gasteiger partial charge in [0.05, 0.1) is 29.4 Å². The van der Waals surface area contributed by atoms with Crippen LogP contribution in [0.5, 0.6) is 11.5 Å². The molecule has 1 aliphatic carbocycles. The van der Waals surface area contributed by atoms with E-state index < -0.39 is 37.3 Å². The van der Waals surface area contributed by atoms with Gasteiger partial charge in [-0.2, -0.15) is 0 Å². The van der Waals surface area contributed by atoms with Crippen molar-refractivity contribution >= 4 is 36.8 Å². The first kappa shape index (κ1) is 29.6. The van der Waals surface area contributed by atoms with Crippen molar-refractivity contribution < 1.29 is 38.1 Å². The molecule has 0 bridgehead atoms. The van der Waals surface area contributed by atoms with Crippen LogP contribution in [-0.2, 0) is 25.5 Å². The van der Waals surface area contributed by atoms with Gasteiger partial charge in [0.25, 0.3) is 0 Å². The van der Waals surface area contributed by atoms with Crippen molar-refractivity contribution in [1.29, 1.82) is 0 Å². The fourth-order valence-corrected chi connectivity index (χ4v) is 11.4. The number of hydrogen-bond donors (Lipinski definition) is 2. The average Bonchev–Trinajstić information content (AvgIpc) is 2.74. The summed E-state index contributed by atoms with van der Waals surface area (Å²) in [4.78, 5) is 26.8. The van der Waals surface area contributed by atoms with Crippen LogP contribution in [0.2, 0.25) is 10.1 Å². The van der Waals surface area contributed by atoms with Crippen LogP contribution in [0, 0.1) is 0 Å². The Kier molecular flexibility index (Phi) is 6.36. The van der Waals surface area contributed by atoms with Gasteiger partial charge in [0, 0.05) is 16.5 Å². The SMILES string of the molecule is CC(C)(C)OC(=O)C[C@@]12Cc3cc4cccc5c4c(c3C(O)=C1C(=O)C[C@](C)(O)O2)O[Si](C(C)(C)C)(C(C)(C)C)O5. The van der Waals surface area contributed by atoms with Crippen LogP contribution < -0.4 is 8.85 Å². The summed E-state index contributed by atoms with van der Waals surface area (Å²) in [5.74, 6) is -2.05. The summed E-state index contributed by atoms with van der Waals surface area (Å²) < 4.78 is 25.7. The summed E-state index contributed by atoms with van der Waals surface area (Å²) in [6.07, 6.45) is -0.663. The lowest BCUT2D eigenvalue weighted by molar-refractivity contribution is -0.258. The number of carbonyl (C=O) groups is 2. The quantitative estimate of drug-likeness (QED) is 0.299. The molecular formula is C32H42O8Si. The molecule has 0 aromatic heterocycles. The van der Waals surface area contributed by atoms with Crippen molar-refractivity contribution in [2.45, 2.75) is 116 Å². The maximum absolute atomic E-state index is 13.7. The Hall–Kier alpha value is -2.88. The van der Waals surface area contributed by atoms with Crippen LogP contribution in [0.4, 0.5) is 0 Å². The maximum atomic E-state index is 13.7. The van der Waals surface area contributed by atoms with Crippen molar-refractivity contribution in [2.75, 3.05) is 0 Å². The van der Waals surface area contributed by atoms with E-state index in [-0.39, 0.29) is 40.7 Å². The number of ether oxygens (including phenoxy) is 2. The molecule has 0 radical (unpaired) electrons. The number of aliphatic hydroxyl groups excluding tert-OH is 1. The molecule has 2 aliphatic heterocycles. The molecule has 8 nitrogen and oxygen atoms in total. The number of ketones is 1. The number of hydrogen-bond acceptors (Lipinski definition) is 8. The molecule has 41 heavy (non-hydrogen) atoms. The van der Waals surface area contributed by atoms with E-state index in [4.69, 9.17) is 18.3 Å². The Balaban J connectivity index is 1.79. The zero-order chi connectivity index (χ0) is 30.6. The van der Waals surface area contributed by atoms with Gasteiger partial charge in [-0.3, -0.25) is 9.59 Å². The third-order valence-corrected chi connectivity index (χ3v) is 13.0. The molecule has 5 rings (SSSR count). The number of aliphatic hydroxyl groups is 2. The predicted molar refractivity (Wildman–Crippen MR) is 158 cm³/mol. The summed E-state index contributed by atoms with van der Waals surface area (Å²) in [7, 11) is -3.12. The van der Waals surface area contributed by atoms with Crippen molar-refractivity contribution in [3.63, 3.8) is 0 Å². The van der Waals surface area contributed by atoms with Gasteiger partial charge in [-0.1, -0.05) is 53.7 Å². The Morgan fingerprint density at radius 2 is 1.66 bits per heavy atom. The van der Waals surface area contributed by atoms with E-state index in [1.165, 1.54) is 6.92 Å². The number of rotatable bonds is 2. The van der Waals surface area contributed by atoms with Crippen LogP contribution >= 0.6 is 0 Å². The Labute approximate surface area is 242 Å². The smallest absolute Gasteiger partial charge is 0.471 e. The molecule has 2 heterocycles. The number of carbonyl (C=O) groups excluding carboxylic acids is 2. The van der Waals surface area contributed by atoms with Crippen LogP contribution in [0.25, 0.3) is 16.5 Å². The topological polar surface area (TPSA) is 112 Å². The van der Waals surface area contributed by atoms with Gasteiger partial charge in [0.2, 0.25) is 0 Å². The lowest BCUT2D eigenvalue weighted by Gasteiger charge is -2.51. The van der Waals surface area contributed by atoms with Crippen molar-refractivity contribution in [2.24, 2.45) is 0 Å². The van der Waals surface area contributed by atoms with Crippen LogP contribution in [0.15, 0.2) is 29.8 Å². The molecular weight excluding hydrogens is 540 g/mol. The summed E-state index contributed by atoms with van der Waals surface area (Å²) >= 11 is 0. The molecule has 0 amide bonds. The first-order chi connectivity index (χ1) is 18.6. The van der Waals surface area contributed by atoms with Crippen LogP contribution in [0.3, 0.4) is 0 Å². The molecule has 2 aromatic carbocycles. The molecule has 1 fully saturated rings. The summed E-state index contributed by atoms with van der Waals surface area (Å²) in [5.41, 5.74) is -1.38. The third-order valence-electron chi connectivity index (χ3n) is 8.08. The van der Waals surface area contributed by atoms with E-state index in [1.54, 1.807) is 20.8 Å². The first-order valence-corrected chi connectivity index (χ1v) is 16.0. The molecule has 2 aromatic rings. The Bertz CT molecular complexity index is 1480. The molecule has 0 spiro atoms. The molecule has 3 aliphatic rings. The highest BCUT2D eigenvalue weighted by Crippen LogP contribution is 2.59. The average molecular weight is 583 g/mol. The predicted octanol–water partition coefficient (Wildman–Crippen LogP) is 6.65. The van der Waals surface area contributed by atoms with Gasteiger partial charge < -0.3 is 28.5 Å². The van der Waals surface area contributed by atoms with Gasteiger partial charge in [0.15, 0.2) is 11.6 Å². The highest BCUT2D eigenvalue weighted by atomic mass is 28.4. The lowest BCUT2D eigenvalue weighted by Crippen LogP contribution is -2.63. The Morgan fingerprint density at radius 1 is 1.02 bits per heavy atom. The highest BCUT2D eigenvalue weighted by molar-refractivity contribution is 6.75. The largest absolute Gasteiger partial charge is 0.511 e. The van der Waals surface area contributed by atoms with E-state index >= 15 is 0 Å². The molecule has 1 saturated heterocycles. The zero-order valence-electron chi connectivity index (χ0n) is 25.8. The number of esters is 1. The summed E-state index contributed by atoms with van der Waals surface area (Å²) in [6, 6.07) is 7.70. The van der Waals surface area contributed by atoms with Crippen LogP contribution in [-0.4, -0.2) is 47.5 Å². The maximum Gasteiger partial charge on any atom is 0.471 e. The van der Waals surface area contributed by atoms with Crippen molar-refractivity contribution in [3.8, 4) is 11.5 Å². The fourth-order valence-electron chi connectivity index (χ4n) is 6.94. The molecule has 2 N–H and O–H groups in total. The first-order valence-electron chi connectivity index (χ1n) is 14.2. The standard InChI is InChI=1S/C32H42O8Si/c1-28(2,3)37-22(34)17-32-15-19-14-18-12-11-13-21-23(18)27(39-41(38-21,29(4,5)6)30(7,8)9)24(19)26(35)25(32)20(33)16-31(10,36)40-32/h11-14,35-36H,15-17H2,1-10H3/t31-,32+/m1/s1. The molecule has 222 valence electrons. The zero-order valence-corrected chi connectivity index (χ0v) is 26.8. The lowest BCUT2D eigenvalue weighted by atomic mass is 9.71. The summed E-state index contributed by atoms with van der Waals surface area (Å²) in [5, 5.41) is 23.8. The van der Waals surface area contributed by atoms with Gasteiger partial charge in [-0.25, -0.2) is 0 Å². The van der Waals surface area contributed by atoms with E-state index in [9.17, 15) is 19.8 Å². The normalized spacial score (nSPS) is 25.7. The number of Topliss-reactive ketones (excluding diaryl/α,β-unsaturated/α-hetero) is 1. The van der Waals surface area contributed by atoms with Crippen molar-refractivity contribution in [3.05, 3.63) is 41.0 Å². The number of benzene rings is 2. The van der Waals surface area contributed by atoms with Gasteiger partial charge in [-0.05, 0) is 50.8 Å². The summed E-state index contributed by atoms with van der Waals surface area (Å²) in [6.45, 7) is 19.3. The highest BCUT2D eigenvalue weighted by Gasteiger charge is 2.64. The van der Waals surface area contributed by atoms with Gasteiger partial charge in [-0.15, -0.1) is 0 Å². The minimum absolute atomic E-state index is 0.0376. The van der Waals surface area contributed by atoms with E-state index in [0.29, 0.717) is 22.6 Å². The minimum atomic E-state index is -3.12. The third kappa shape index (κ3) is 4.66. The molecule has 2 atom stereocenters. The van der Waals surface area contributed by atoms with E-state index in [1.807, 2.05) is 24.3 Å². The van der Waals surface area contributed by atoms with Gasteiger partial charge >= 0.3 is 14.5 Å². The van der Waals surface area contributed by atoms with Crippen LogP contribution in [0.1, 0.15) is 93.2 Å². The monoisotopic (exact) mass is 582 g/mol. The Morgan fingerprint density at radius 3 is 2.24 bits per heavy atom. The second kappa shape index (κ2) is 8.81. The number of fused-ring (bicyclic) bond motifs is 3.